The van der Waals surface area contributed by atoms with Crippen LogP contribution < -0.4 is 0 Å². The number of rotatable bonds is 6. The van der Waals surface area contributed by atoms with Gasteiger partial charge in [0.1, 0.15) is 5.82 Å². The van der Waals surface area contributed by atoms with Crippen LogP contribution >= 0.6 is 0 Å². The molecule has 1 aromatic rings. The van der Waals surface area contributed by atoms with E-state index in [1.54, 1.807) is 6.07 Å². The number of halogens is 1. The van der Waals surface area contributed by atoms with Crippen LogP contribution in [0.5, 0.6) is 0 Å². The third-order valence-electron chi connectivity index (χ3n) is 4.50. The molecule has 1 fully saturated rings. The normalized spacial score (nSPS) is 17.5. The van der Waals surface area contributed by atoms with Gasteiger partial charge in [-0.25, -0.2) is 9.38 Å². The first kappa shape index (κ1) is 17.9. The summed E-state index contributed by atoms with van der Waals surface area (Å²) in [7, 11) is 0. The Kier molecular flexibility index (Phi) is 7.03. The number of benzene rings is 1. The molecule has 0 aliphatic carbocycles. The van der Waals surface area contributed by atoms with Crippen LogP contribution in [0.25, 0.3) is 0 Å². The Morgan fingerprint density at radius 2 is 2.09 bits per heavy atom. The second-order valence-electron chi connectivity index (χ2n) is 6.51. The van der Waals surface area contributed by atoms with Gasteiger partial charge in [0.15, 0.2) is 5.90 Å². The van der Waals surface area contributed by atoms with Gasteiger partial charge in [-0.3, -0.25) is 0 Å². The number of likely N-dealkylation sites (tertiary alicyclic amines) is 1. The summed E-state index contributed by atoms with van der Waals surface area (Å²) in [4.78, 5) is 7.02. The zero-order valence-corrected chi connectivity index (χ0v) is 14.6. The quantitative estimate of drug-likeness (QED) is 0.560. The molecule has 0 N–H and O–H groups in total. The maximum atomic E-state index is 13.1. The minimum atomic E-state index is -0.227. The van der Waals surface area contributed by atoms with E-state index in [0.717, 1.165) is 17.9 Å². The van der Waals surface area contributed by atoms with Gasteiger partial charge < -0.3 is 9.64 Å². The van der Waals surface area contributed by atoms with Crippen molar-refractivity contribution in [2.45, 2.75) is 46.5 Å². The van der Waals surface area contributed by atoms with Gasteiger partial charge in [-0.1, -0.05) is 13.3 Å². The fraction of sp³-hybridized carbons (Fsp3) is 0.632. The van der Waals surface area contributed by atoms with Crippen LogP contribution in [-0.2, 0) is 4.74 Å². The molecule has 1 aromatic carbocycles. The van der Waals surface area contributed by atoms with Crippen molar-refractivity contribution in [1.82, 2.24) is 4.90 Å². The van der Waals surface area contributed by atoms with Gasteiger partial charge in [-0.15, -0.1) is 0 Å². The van der Waals surface area contributed by atoms with Crippen molar-refractivity contribution in [2.24, 2.45) is 10.9 Å². The van der Waals surface area contributed by atoms with E-state index in [1.165, 1.54) is 57.5 Å². The summed E-state index contributed by atoms with van der Waals surface area (Å²) >= 11 is 0. The van der Waals surface area contributed by atoms with E-state index in [4.69, 9.17) is 4.74 Å². The molecule has 0 bridgehead atoms. The van der Waals surface area contributed by atoms with Crippen LogP contribution in [-0.4, -0.2) is 37.0 Å². The molecule has 0 atom stereocenters. The topological polar surface area (TPSA) is 24.8 Å². The lowest BCUT2D eigenvalue weighted by molar-refractivity contribution is 0.135. The van der Waals surface area contributed by atoms with Gasteiger partial charge in [-0.2, -0.15) is 0 Å². The maximum absolute atomic E-state index is 13.1. The number of unbranched alkanes of at least 4 members (excludes halogenated alkanes) is 1. The standard InChI is InChI=1S/C19H29FN2O/c1-4-5-10-22-11-8-17(9-12-22)14-23-16(3)21-19-7-6-18(20)13-15(19)2/h6-7,13,17H,4-5,8-12,14H2,1-3H3. The molecule has 0 spiro atoms. The first-order valence-corrected chi connectivity index (χ1v) is 8.75. The van der Waals surface area contributed by atoms with E-state index in [2.05, 4.69) is 16.8 Å². The van der Waals surface area contributed by atoms with E-state index in [-0.39, 0.29) is 5.82 Å². The van der Waals surface area contributed by atoms with Crippen LogP contribution in [0.3, 0.4) is 0 Å². The van der Waals surface area contributed by atoms with Gasteiger partial charge in [0.2, 0.25) is 0 Å². The minimum Gasteiger partial charge on any atom is -0.481 e. The Balaban J connectivity index is 1.76. The van der Waals surface area contributed by atoms with E-state index < -0.39 is 0 Å². The first-order chi connectivity index (χ1) is 11.1. The second-order valence-corrected chi connectivity index (χ2v) is 6.51. The van der Waals surface area contributed by atoms with E-state index in [9.17, 15) is 4.39 Å². The molecule has 0 unspecified atom stereocenters. The van der Waals surface area contributed by atoms with Crippen molar-refractivity contribution in [2.75, 3.05) is 26.2 Å². The van der Waals surface area contributed by atoms with Crippen LogP contribution in [0.1, 0.15) is 45.1 Å². The van der Waals surface area contributed by atoms with Crippen LogP contribution in [0.2, 0.25) is 0 Å². The van der Waals surface area contributed by atoms with Gasteiger partial charge in [0.05, 0.1) is 12.3 Å². The van der Waals surface area contributed by atoms with Gasteiger partial charge >= 0.3 is 0 Å². The molecule has 1 heterocycles. The third kappa shape index (κ3) is 5.94. The molecule has 23 heavy (non-hydrogen) atoms. The molecule has 1 aliphatic rings. The highest BCUT2D eigenvalue weighted by Gasteiger charge is 2.19. The summed E-state index contributed by atoms with van der Waals surface area (Å²) in [5, 5.41) is 0. The molecular formula is C19H29FN2O. The van der Waals surface area contributed by atoms with Crippen molar-refractivity contribution in [3.05, 3.63) is 29.6 Å². The maximum Gasteiger partial charge on any atom is 0.185 e. The summed E-state index contributed by atoms with van der Waals surface area (Å²) < 4.78 is 18.9. The van der Waals surface area contributed by atoms with Crippen molar-refractivity contribution >= 4 is 11.6 Å². The number of nitrogens with zero attached hydrogens (tertiary/aromatic N) is 2. The average molecular weight is 320 g/mol. The fourth-order valence-corrected chi connectivity index (χ4v) is 2.94. The summed E-state index contributed by atoms with van der Waals surface area (Å²) in [5.74, 6) is 1.05. The summed E-state index contributed by atoms with van der Waals surface area (Å²) in [6.07, 6.45) is 4.96. The number of hydrogen-bond donors (Lipinski definition) is 0. The van der Waals surface area contributed by atoms with E-state index in [1.807, 2.05) is 13.8 Å². The minimum absolute atomic E-state index is 0.227. The highest BCUT2D eigenvalue weighted by molar-refractivity contribution is 5.77. The summed E-state index contributed by atoms with van der Waals surface area (Å²) in [6.45, 7) is 10.3. The lowest BCUT2D eigenvalue weighted by Gasteiger charge is -2.31. The highest BCUT2D eigenvalue weighted by atomic mass is 19.1. The SMILES string of the molecule is CCCCN1CCC(COC(C)=Nc2ccc(F)cc2C)CC1. The van der Waals surface area contributed by atoms with Crippen molar-refractivity contribution < 1.29 is 9.13 Å². The molecule has 0 aromatic heterocycles. The van der Waals surface area contributed by atoms with Crippen molar-refractivity contribution in [3.8, 4) is 0 Å². The molecule has 128 valence electrons. The van der Waals surface area contributed by atoms with Crippen LogP contribution in [0.4, 0.5) is 10.1 Å². The Hall–Kier alpha value is -1.42. The Morgan fingerprint density at radius 3 is 2.74 bits per heavy atom. The summed E-state index contributed by atoms with van der Waals surface area (Å²) in [5.41, 5.74) is 1.61. The van der Waals surface area contributed by atoms with Crippen LogP contribution in [0, 0.1) is 18.7 Å². The lowest BCUT2D eigenvalue weighted by Crippen LogP contribution is -2.35. The number of hydrogen-bond acceptors (Lipinski definition) is 3. The number of piperidine rings is 1. The average Bonchev–Trinajstić information content (AvgIpc) is 2.54. The predicted octanol–water partition coefficient (Wildman–Crippen LogP) is 4.71. The smallest absolute Gasteiger partial charge is 0.185 e. The molecule has 2 rings (SSSR count). The van der Waals surface area contributed by atoms with Crippen molar-refractivity contribution in [3.63, 3.8) is 0 Å². The van der Waals surface area contributed by atoms with E-state index in [0.29, 0.717) is 11.8 Å². The zero-order chi connectivity index (χ0) is 16.7. The molecule has 3 nitrogen and oxygen atoms in total. The first-order valence-electron chi connectivity index (χ1n) is 8.75. The highest BCUT2D eigenvalue weighted by Crippen LogP contribution is 2.21. The number of ether oxygens (including phenoxy) is 1. The van der Waals surface area contributed by atoms with Crippen molar-refractivity contribution in [1.29, 1.82) is 0 Å². The predicted molar refractivity (Wildman–Crippen MR) is 93.9 cm³/mol. The zero-order valence-electron chi connectivity index (χ0n) is 14.6. The number of aryl methyl sites for hydroxylation is 1. The largest absolute Gasteiger partial charge is 0.481 e. The third-order valence-corrected chi connectivity index (χ3v) is 4.50. The number of aliphatic imine (C=N–C) groups is 1. The van der Waals surface area contributed by atoms with E-state index >= 15 is 0 Å². The Bertz CT molecular complexity index is 522. The fourth-order valence-electron chi connectivity index (χ4n) is 2.94. The van der Waals surface area contributed by atoms with Gasteiger partial charge in [0.25, 0.3) is 0 Å². The molecule has 1 saturated heterocycles. The summed E-state index contributed by atoms with van der Waals surface area (Å²) in [6, 6.07) is 4.63. The molecule has 0 saturated carbocycles. The Morgan fingerprint density at radius 1 is 1.35 bits per heavy atom. The Labute approximate surface area is 139 Å². The second kappa shape index (κ2) is 9.02. The molecule has 1 aliphatic heterocycles. The molecule has 4 heteroatoms. The molecule has 0 amide bonds. The molecular weight excluding hydrogens is 291 g/mol. The monoisotopic (exact) mass is 320 g/mol. The molecule has 0 radical (unpaired) electrons. The van der Waals surface area contributed by atoms with Crippen LogP contribution in [0.15, 0.2) is 23.2 Å². The van der Waals surface area contributed by atoms with Gasteiger partial charge in [0, 0.05) is 6.92 Å². The van der Waals surface area contributed by atoms with Gasteiger partial charge in [-0.05, 0) is 75.5 Å². The lowest BCUT2D eigenvalue weighted by atomic mass is 9.97.